The summed E-state index contributed by atoms with van der Waals surface area (Å²) >= 11 is 0. The van der Waals surface area contributed by atoms with E-state index in [2.05, 4.69) is 17.0 Å². The van der Waals surface area contributed by atoms with E-state index in [1.807, 2.05) is 26.1 Å². The lowest BCUT2D eigenvalue weighted by molar-refractivity contribution is 0.201. The SMILES string of the molecule is CC(CC#N)N(C)CCOc1ccccc1C#N. The fourth-order valence-corrected chi connectivity index (χ4v) is 1.49. The van der Waals surface area contributed by atoms with Crippen LogP contribution in [-0.4, -0.2) is 31.1 Å². The Hall–Kier alpha value is -2.04. The van der Waals surface area contributed by atoms with E-state index in [1.54, 1.807) is 12.1 Å². The van der Waals surface area contributed by atoms with Crippen LogP contribution in [0, 0.1) is 22.7 Å². The van der Waals surface area contributed by atoms with Crippen molar-refractivity contribution in [2.75, 3.05) is 20.2 Å². The van der Waals surface area contributed by atoms with Crippen LogP contribution in [0.5, 0.6) is 5.75 Å². The quantitative estimate of drug-likeness (QED) is 0.768. The van der Waals surface area contributed by atoms with Crippen molar-refractivity contribution in [2.45, 2.75) is 19.4 Å². The highest BCUT2D eigenvalue weighted by atomic mass is 16.5. The van der Waals surface area contributed by atoms with E-state index in [-0.39, 0.29) is 6.04 Å². The van der Waals surface area contributed by atoms with Gasteiger partial charge >= 0.3 is 0 Å². The molecule has 4 nitrogen and oxygen atoms in total. The summed E-state index contributed by atoms with van der Waals surface area (Å²) in [5.41, 5.74) is 0.547. The average molecular weight is 243 g/mol. The minimum Gasteiger partial charge on any atom is -0.491 e. The molecule has 4 heteroatoms. The number of nitrogens with zero attached hydrogens (tertiary/aromatic N) is 3. The molecule has 1 aromatic carbocycles. The van der Waals surface area contributed by atoms with Gasteiger partial charge in [-0.2, -0.15) is 10.5 Å². The maximum atomic E-state index is 8.91. The molecule has 1 rings (SSSR count). The van der Waals surface area contributed by atoms with Gasteiger partial charge in [0.05, 0.1) is 18.1 Å². The van der Waals surface area contributed by atoms with Gasteiger partial charge in [0.15, 0.2) is 0 Å². The molecule has 0 amide bonds. The van der Waals surface area contributed by atoms with Gasteiger partial charge in [-0.3, -0.25) is 4.90 Å². The number of hydrogen-bond acceptors (Lipinski definition) is 4. The molecule has 0 fully saturated rings. The molecule has 0 aliphatic heterocycles. The summed E-state index contributed by atoms with van der Waals surface area (Å²) in [7, 11) is 1.96. The summed E-state index contributed by atoms with van der Waals surface area (Å²) in [6.45, 7) is 3.24. The Labute approximate surface area is 108 Å². The zero-order chi connectivity index (χ0) is 13.4. The van der Waals surface area contributed by atoms with Crippen LogP contribution in [-0.2, 0) is 0 Å². The monoisotopic (exact) mass is 243 g/mol. The van der Waals surface area contributed by atoms with E-state index < -0.39 is 0 Å². The van der Waals surface area contributed by atoms with Gasteiger partial charge in [0, 0.05) is 12.6 Å². The molecule has 0 saturated heterocycles. The second-order valence-corrected chi connectivity index (χ2v) is 4.15. The number of benzene rings is 1. The number of likely N-dealkylation sites (N-methyl/N-ethyl adjacent to an activating group) is 1. The molecule has 0 aromatic heterocycles. The first-order valence-electron chi connectivity index (χ1n) is 5.88. The van der Waals surface area contributed by atoms with Gasteiger partial charge in [-0.05, 0) is 26.1 Å². The van der Waals surface area contributed by atoms with E-state index in [4.69, 9.17) is 15.3 Å². The zero-order valence-electron chi connectivity index (χ0n) is 10.8. The number of hydrogen-bond donors (Lipinski definition) is 0. The molecule has 0 bridgehead atoms. The van der Waals surface area contributed by atoms with Gasteiger partial charge in [0.2, 0.25) is 0 Å². The molecule has 0 saturated carbocycles. The van der Waals surface area contributed by atoms with E-state index in [0.29, 0.717) is 24.3 Å². The van der Waals surface area contributed by atoms with Gasteiger partial charge in [-0.25, -0.2) is 0 Å². The Kier molecular flexibility index (Phi) is 5.70. The standard InChI is InChI=1S/C14H17N3O/c1-12(7-8-15)17(2)9-10-18-14-6-4-3-5-13(14)11-16/h3-6,12H,7,9-10H2,1-2H3. The highest BCUT2D eigenvalue weighted by molar-refractivity contribution is 5.42. The fourth-order valence-electron chi connectivity index (χ4n) is 1.49. The maximum absolute atomic E-state index is 8.91. The third-order valence-electron chi connectivity index (χ3n) is 2.85. The largest absolute Gasteiger partial charge is 0.491 e. The molecule has 1 unspecified atom stereocenters. The smallest absolute Gasteiger partial charge is 0.137 e. The molecule has 0 radical (unpaired) electrons. The second-order valence-electron chi connectivity index (χ2n) is 4.15. The first kappa shape index (κ1) is 14.0. The third kappa shape index (κ3) is 4.08. The van der Waals surface area contributed by atoms with Gasteiger partial charge in [0.1, 0.15) is 18.4 Å². The van der Waals surface area contributed by atoms with Gasteiger partial charge in [-0.15, -0.1) is 0 Å². The van der Waals surface area contributed by atoms with Crippen molar-refractivity contribution in [1.29, 1.82) is 10.5 Å². The zero-order valence-corrected chi connectivity index (χ0v) is 10.8. The molecular formula is C14H17N3O. The van der Waals surface area contributed by atoms with Crippen LogP contribution in [0.4, 0.5) is 0 Å². The minimum atomic E-state index is 0.213. The summed E-state index contributed by atoms with van der Waals surface area (Å²) < 4.78 is 5.58. The van der Waals surface area contributed by atoms with E-state index in [1.165, 1.54) is 0 Å². The van der Waals surface area contributed by atoms with Crippen LogP contribution in [0.1, 0.15) is 18.9 Å². The second kappa shape index (κ2) is 7.32. The first-order valence-corrected chi connectivity index (χ1v) is 5.88. The average Bonchev–Trinajstić information content (AvgIpc) is 2.39. The molecule has 0 spiro atoms. The molecule has 0 N–H and O–H groups in total. The van der Waals surface area contributed by atoms with Gasteiger partial charge in [-0.1, -0.05) is 12.1 Å². The van der Waals surface area contributed by atoms with E-state index >= 15 is 0 Å². The Morgan fingerprint density at radius 1 is 1.33 bits per heavy atom. The maximum Gasteiger partial charge on any atom is 0.137 e. The van der Waals surface area contributed by atoms with Crippen molar-refractivity contribution in [2.24, 2.45) is 0 Å². The number of rotatable bonds is 6. The van der Waals surface area contributed by atoms with Crippen LogP contribution in [0.2, 0.25) is 0 Å². The summed E-state index contributed by atoms with van der Waals surface area (Å²) in [5.74, 6) is 0.612. The molecule has 18 heavy (non-hydrogen) atoms. The van der Waals surface area contributed by atoms with Crippen LogP contribution < -0.4 is 4.74 Å². The lowest BCUT2D eigenvalue weighted by atomic mass is 10.2. The Morgan fingerprint density at radius 3 is 2.72 bits per heavy atom. The van der Waals surface area contributed by atoms with Crippen LogP contribution in [0.25, 0.3) is 0 Å². The molecule has 0 aliphatic carbocycles. The van der Waals surface area contributed by atoms with Gasteiger partial charge < -0.3 is 4.74 Å². The topological polar surface area (TPSA) is 60.1 Å². The first-order chi connectivity index (χ1) is 8.69. The van der Waals surface area contributed by atoms with Crippen molar-refractivity contribution in [1.82, 2.24) is 4.90 Å². The summed E-state index contributed by atoms with van der Waals surface area (Å²) in [4.78, 5) is 2.07. The highest BCUT2D eigenvalue weighted by Gasteiger charge is 2.08. The molecule has 0 aliphatic rings. The normalized spacial score (nSPS) is 11.6. The fraction of sp³-hybridized carbons (Fsp3) is 0.429. The Balaban J connectivity index is 2.43. The summed E-state index contributed by atoms with van der Waals surface area (Å²) in [6, 6.07) is 11.6. The highest BCUT2D eigenvalue weighted by Crippen LogP contribution is 2.16. The predicted molar refractivity (Wildman–Crippen MR) is 69.0 cm³/mol. The Bertz CT molecular complexity index is 459. The Morgan fingerprint density at radius 2 is 2.06 bits per heavy atom. The molecule has 94 valence electrons. The third-order valence-corrected chi connectivity index (χ3v) is 2.85. The lowest BCUT2D eigenvalue weighted by Crippen LogP contribution is -2.32. The molecule has 0 heterocycles. The van der Waals surface area contributed by atoms with Gasteiger partial charge in [0.25, 0.3) is 0 Å². The van der Waals surface area contributed by atoms with Crippen molar-refractivity contribution < 1.29 is 4.74 Å². The molecule has 1 atom stereocenters. The van der Waals surface area contributed by atoms with Crippen molar-refractivity contribution in [3.63, 3.8) is 0 Å². The molecule has 1 aromatic rings. The lowest BCUT2D eigenvalue weighted by Gasteiger charge is -2.22. The van der Waals surface area contributed by atoms with Crippen molar-refractivity contribution in [3.05, 3.63) is 29.8 Å². The summed E-state index contributed by atoms with van der Waals surface area (Å²) in [6.07, 6.45) is 0.505. The summed E-state index contributed by atoms with van der Waals surface area (Å²) in [5, 5.41) is 17.5. The molecular weight excluding hydrogens is 226 g/mol. The minimum absolute atomic E-state index is 0.213. The van der Waals surface area contributed by atoms with E-state index in [0.717, 1.165) is 6.54 Å². The predicted octanol–water partition coefficient (Wildman–Crippen LogP) is 2.17. The van der Waals surface area contributed by atoms with E-state index in [9.17, 15) is 0 Å². The van der Waals surface area contributed by atoms with Crippen LogP contribution >= 0.6 is 0 Å². The number of para-hydroxylation sites is 1. The van der Waals surface area contributed by atoms with Crippen molar-refractivity contribution in [3.8, 4) is 17.9 Å². The van der Waals surface area contributed by atoms with Crippen LogP contribution in [0.3, 0.4) is 0 Å². The van der Waals surface area contributed by atoms with Crippen LogP contribution in [0.15, 0.2) is 24.3 Å². The van der Waals surface area contributed by atoms with Crippen molar-refractivity contribution >= 4 is 0 Å². The number of ether oxygens (including phenoxy) is 1. The number of nitriles is 2.